The number of benzene rings is 1. The van der Waals surface area contributed by atoms with Gasteiger partial charge in [-0.2, -0.15) is 0 Å². The van der Waals surface area contributed by atoms with Gasteiger partial charge < -0.3 is 15.2 Å². The van der Waals surface area contributed by atoms with Gasteiger partial charge in [0.25, 0.3) is 5.91 Å². The average Bonchev–Trinajstić information content (AvgIpc) is 3.17. The highest BCUT2D eigenvalue weighted by molar-refractivity contribution is 8.13. The largest absolute Gasteiger partial charge is 0.465 e. The predicted octanol–water partition coefficient (Wildman–Crippen LogP) is 3.39. The number of amides is 2. The molecule has 2 aromatic rings. The lowest BCUT2D eigenvalue weighted by Crippen LogP contribution is -2.50. The summed E-state index contributed by atoms with van der Waals surface area (Å²) in [5.41, 5.74) is -0.178. The lowest BCUT2D eigenvalue weighted by atomic mass is 9.80. The first kappa shape index (κ1) is 19.9. The maximum atomic E-state index is 12.6. The van der Waals surface area contributed by atoms with Gasteiger partial charge in [-0.25, -0.2) is 14.8 Å². The summed E-state index contributed by atoms with van der Waals surface area (Å²) in [7, 11) is 0. The summed E-state index contributed by atoms with van der Waals surface area (Å²) in [5.74, 6) is 0.996. The summed E-state index contributed by atoms with van der Waals surface area (Å²) in [6.45, 7) is 2.37. The third-order valence-corrected chi connectivity index (χ3v) is 7.01. The highest BCUT2D eigenvalue weighted by Gasteiger charge is 2.49. The molecule has 0 saturated carbocycles. The number of thiazole rings is 1. The molecule has 2 aliphatic rings. The van der Waals surface area contributed by atoms with E-state index in [-0.39, 0.29) is 23.7 Å². The van der Waals surface area contributed by atoms with Gasteiger partial charge in [0.1, 0.15) is 16.4 Å². The first-order valence-electron chi connectivity index (χ1n) is 9.13. The zero-order valence-electron chi connectivity index (χ0n) is 15.6. The maximum Gasteiger partial charge on any atom is 0.410 e. The Morgan fingerprint density at radius 1 is 1.28 bits per heavy atom. The van der Waals surface area contributed by atoms with E-state index in [2.05, 4.69) is 15.6 Å². The van der Waals surface area contributed by atoms with E-state index in [4.69, 9.17) is 14.8 Å². The molecule has 4 rings (SSSR count). The molecule has 3 N–H and O–H groups in total. The molecular weight excluding hydrogens is 412 g/mol. The Hall–Kier alpha value is -2.43. The van der Waals surface area contributed by atoms with Crippen LogP contribution < -0.4 is 10.6 Å². The SMILES string of the molecule is C[C@H]1C[C@H]2CSC(NC(=O)c3ccccc3)=NC2(c2nc(NC(=O)O)cs2)CO1. The molecule has 0 aliphatic carbocycles. The Kier molecular flexibility index (Phi) is 5.57. The van der Waals surface area contributed by atoms with E-state index in [9.17, 15) is 9.59 Å². The van der Waals surface area contributed by atoms with E-state index in [1.807, 2.05) is 25.1 Å². The molecule has 1 unspecified atom stereocenters. The van der Waals surface area contributed by atoms with Crippen molar-refractivity contribution in [3.8, 4) is 0 Å². The number of thioether (sulfide) groups is 1. The molecule has 1 fully saturated rings. The number of ether oxygens (including phenoxy) is 1. The van der Waals surface area contributed by atoms with Gasteiger partial charge in [0.05, 0.1) is 12.7 Å². The summed E-state index contributed by atoms with van der Waals surface area (Å²) in [6.07, 6.45) is -0.235. The number of hydrogen-bond donors (Lipinski definition) is 3. The molecule has 152 valence electrons. The molecule has 10 heteroatoms. The van der Waals surface area contributed by atoms with Crippen molar-refractivity contribution in [2.75, 3.05) is 17.7 Å². The number of fused-ring (bicyclic) bond motifs is 1. The van der Waals surface area contributed by atoms with Gasteiger partial charge in [-0.15, -0.1) is 11.3 Å². The van der Waals surface area contributed by atoms with Gasteiger partial charge in [0, 0.05) is 22.6 Å². The number of carboxylic acid groups (broad SMARTS) is 1. The minimum absolute atomic E-state index is 0.112. The number of aromatic nitrogens is 1. The lowest BCUT2D eigenvalue weighted by molar-refractivity contribution is -0.0466. The van der Waals surface area contributed by atoms with E-state index in [1.165, 1.54) is 23.1 Å². The van der Waals surface area contributed by atoms with Crippen molar-refractivity contribution in [3.05, 3.63) is 46.3 Å². The van der Waals surface area contributed by atoms with Crippen molar-refractivity contribution < 1.29 is 19.4 Å². The number of hydrogen-bond acceptors (Lipinski definition) is 7. The Morgan fingerprint density at radius 2 is 2.07 bits per heavy atom. The fourth-order valence-electron chi connectivity index (χ4n) is 3.52. The highest BCUT2D eigenvalue weighted by atomic mass is 32.2. The number of nitrogens with zero attached hydrogens (tertiary/aromatic N) is 2. The molecule has 3 heterocycles. The van der Waals surface area contributed by atoms with Crippen LogP contribution in [-0.2, 0) is 10.3 Å². The second kappa shape index (κ2) is 8.13. The molecule has 2 amide bonds. The topological polar surface area (TPSA) is 113 Å². The normalized spacial score (nSPS) is 26.2. The summed E-state index contributed by atoms with van der Waals surface area (Å²) in [6, 6.07) is 8.97. The zero-order valence-corrected chi connectivity index (χ0v) is 17.3. The second-order valence-electron chi connectivity index (χ2n) is 6.99. The van der Waals surface area contributed by atoms with E-state index < -0.39 is 11.6 Å². The molecule has 0 radical (unpaired) electrons. The number of carbonyl (C=O) groups is 2. The van der Waals surface area contributed by atoms with E-state index in [0.29, 0.717) is 22.3 Å². The van der Waals surface area contributed by atoms with Crippen LogP contribution in [0.25, 0.3) is 0 Å². The van der Waals surface area contributed by atoms with Crippen LogP contribution in [0, 0.1) is 5.92 Å². The van der Waals surface area contributed by atoms with Crippen LogP contribution in [0.4, 0.5) is 10.6 Å². The molecule has 1 aromatic heterocycles. The van der Waals surface area contributed by atoms with Gasteiger partial charge in [0.15, 0.2) is 5.17 Å². The first-order chi connectivity index (χ1) is 14.0. The Labute approximate surface area is 175 Å². The van der Waals surface area contributed by atoms with E-state index >= 15 is 0 Å². The second-order valence-corrected chi connectivity index (χ2v) is 8.86. The van der Waals surface area contributed by atoms with Gasteiger partial charge in [-0.05, 0) is 25.5 Å². The molecule has 0 bridgehead atoms. The number of anilines is 1. The molecule has 3 atom stereocenters. The van der Waals surface area contributed by atoms with Crippen LogP contribution in [0.5, 0.6) is 0 Å². The monoisotopic (exact) mass is 432 g/mol. The summed E-state index contributed by atoms with van der Waals surface area (Å²) in [5, 5.41) is 17.0. The average molecular weight is 433 g/mol. The standard InChI is InChI=1S/C19H20N4O4S2/c1-11-7-13-8-29-17(22-15(24)12-5-3-2-4-6-12)23-19(13,10-27-11)16-20-14(9-28-16)21-18(25)26/h2-6,9,11,13,21H,7-8,10H2,1H3,(H,25,26)(H,22,23,24)/t11-,13-,19?/m0/s1. The van der Waals surface area contributed by atoms with Gasteiger partial charge >= 0.3 is 6.09 Å². The van der Waals surface area contributed by atoms with Crippen molar-refractivity contribution >= 4 is 46.1 Å². The maximum absolute atomic E-state index is 12.6. The van der Waals surface area contributed by atoms with Crippen LogP contribution >= 0.6 is 23.1 Å². The Balaban J connectivity index is 1.65. The van der Waals surface area contributed by atoms with Crippen molar-refractivity contribution in [1.29, 1.82) is 0 Å². The van der Waals surface area contributed by atoms with Gasteiger partial charge in [-0.3, -0.25) is 10.1 Å². The van der Waals surface area contributed by atoms with Crippen molar-refractivity contribution in [1.82, 2.24) is 10.3 Å². The van der Waals surface area contributed by atoms with Crippen LogP contribution in [0.1, 0.15) is 28.7 Å². The molecular formula is C19H20N4O4S2. The first-order valence-corrected chi connectivity index (χ1v) is 11.0. The quantitative estimate of drug-likeness (QED) is 0.685. The molecule has 29 heavy (non-hydrogen) atoms. The van der Waals surface area contributed by atoms with Crippen LogP contribution in [0.3, 0.4) is 0 Å². The molecule has 0 spiro atoms. The summed E-state index contributed by atoms with van der Waals surface area (Å²) < 4.78 is 5.93. The minimum Gasteiger partial charge on any atom is -0.465 e. The Morgan fingerprint density at radius 3 is 2.83 bits per heavy atom. The van der Waals surface area contributed by atoms with E-state index in [1.54, 1.807) is 17.5 Å². The number of nitrogens with one attached hydrogen (secondary N) is 2. The molecule has 8 nitrogen and oxygen atoms in total. The number of aliphatic imine (C=N–C) groups is 1. The van der Waals surface area contributed by atoms with Gasteiger partial charge in [-0.1, -0.05) is 30.0 Å². The highest BCUT2D eigenvalue weighted by Crippen LogP contribution is 2.47. The van der Waals surface area contributed by atoms with Crippen molar-refractivity contribution in [3.63, 3.8) is 0 Å². The van der Waals surface area contributed by atoms with Crippen molar-refractivity contribution in [2.45, 2.75) is 25.0 Å². The third kappa shape index (κ3) is 4.14. The summed E-state index contributed by atoms with van der Waals surface area (Å²) in [4.78, 5) is 32.9. The molecule has 1 aromatic carbocycles. The van der Waals surface area contributed by atoms with Crippen molar-refractivity contribution in [2.24, 2.45) is 10.9 Å². The third-order valence-electron chi connectivity index (χ3n) is 4.97. The van der Waals surface area contributed by atoms with Crippen LogP contribution in [0.15, 0.2) is 40.7 Å². The van der Waals surface area contributed by atoms with Gasteiger partial charge in [0.2, 0.25) is 0 Å². The number of amidine groups is 1. The Bertz CT molecular complexity index is 949. The van der Waals surface area contributed by atoms with Crippen LogP contribution in [-0.4, -0.2) is 45.7 Å². The fourth-order valence-corrected chi connectivity index (χ4v) is 5.64. The number of rotatable bonds is 3. The summed E-state index contributed by atoms with van der Waals surface area (Å²) >= 11 is 2.86. The zero-order chi connectivity index (χ0) is 20.4. The lowest BCUT2D eigenvalue weighted by Gasteiger charge is -2.44. The fraction of sp³-hybridized carbons (Fsp3) is 0.368. The van der Waals surface area contributed by atoms with E-state index in [0.717, 1.165) is 12.2 Å². The minimum atomic E-state index is -1.16. The smallest absolute Gasteiger partial charge is 0.410 e. The van der Waals surface area contributed by atoms with Crippen LogP contribution in [0.2, 0.25) is 0 Å². The predicted molar refractivity (Wildman–Crippen MR) is 113 cm³/mol. The molecule has 1 saturated heterocycles. The number of carbonyl (C=O) groups excluding carboxylic acids is 1. The molecule has 2 aliphatic heterocycles.